The van der Waals surface area contributed by atoms with Crippen LogP contribution in [-0.4, -0.2) is 27.5 Å². The van der Waals surface area contributed by atoms with Crippen LogP contribution in [0.2, 0.25) is 0 Å². The van der Waals surface area contributed by atoms with Gasteiger partial charge in [-0.15, -0.1) is 11.3 Å². The lowest BCUT2D eigenvalue weighted by molar-refractivity contribution is -0.129. The summed E-state index contributed by atoms with van der Waals surface area (Å²) in [5.41, 5.74) is 2.37. The topological polar surface area (TPSA) is 86.7 Å². The van der Waals surface area contributed by atoms with E-state index < -0.39 is 16.7 Å². The van der Waals surface area contributed by atoms with Crippen molar-refractivity contribution >= 4 is 55.6 Å². The smallest absolute Gasteiger partial charge is 0.243 e. The van der Waals surface area contributed by atoms with Gasteiger partial charge in [0, 0.05) is 45.4 Å². The third kappa shape index (κ3) is 7.12. The van der Waals surface area contributed by atoms with Crippen LogP contribution in [0.3, 0.4) is 0 Å². The number of carbonyl (C=O) groups excluding carboxylic acids is 2. The average molecular weight is 487 g/mol. The predicted octanol–water partition coefficient (Wildman–Crippen LogP) is 4.24. The third-order valence-corrected chi connectivity index (χ3v) is 6.69. The predicted molar refractivity (Wildman–Crippen MR) is 115 cm³/mol. The van der Waals surface area contributed by atoms with Crippen molar-refractivity contribution in [2.45, 2.75) is 43.5 Å². The Kier molecular flexibility index (Phi) is 9.30. The van der Waals surface area contributed by atoms with Gasteiger partial charge in [0.25, 0.3) is 0 Å². The Bertz CT molecular complexity index is 824. The molecule has 1 aromatic carbocycles. The number of unbranched alkanes of at least 4 members (excludes halogenated alkanes) is 2. The van der Waals surface area contributed by atoms with Gasteiger partial charge in [-0.1, -0.05) is 6.42 Å². The van der Waals surface area contributed by atoms with Crippen LogP contribution in [0.25, 0.3) is 0 Å². The number of rotatable bonds is 10. The second-order valence-electron chi connectivity index (χ2n) is 6.23. The summed E-state index contributed by atoms with van der Waals surface area (Å²) in [7, 11) is -1.07. The number of benzene rings is 1. The maximum absolute atomic E-state index is 12.9. The van der Waals surface area contributed by atoms with Crippen molar-refractivity contribution in [1.29, 1.82) is 0 Å². The number of nitrogens with zero attached hydrogens (tertiary/aromatic N) is 1. The molecule has 0 bridgehead atoms. The molecule has 0 aliphatic rings. The number of halogens is 1. The van der Waals surface area contributed by atoms with E-state index in [9.17, 15) is 13.8 Å². The Hall–Kier alpha value is -1.55. The Morgan fingerprint density at radius 1 is 1.11 bits per heavy atom. The molecule has 1 heterocycles. The molecule has 2 N–H and O–H groups in total. The number of nitrogens with one attached hydrogen (secondary N) is 1. The number of hydrogen-bond donors (Lipinski definition) is 2. The number of hydrogen-bond acceptors (Lipinski definition) is 5. The molecule has 0 fully saturated rings. The van der Waals surface area contributed by atoms with Crippen LogP contribution in [0.5, 0.6) is 0 Å². The monoisotopic (exact) mass is 486 g/mol. The Morgan fingerprint density at radius 2 is 1.79 bits per heavy atom. The molecule has 0 radical (unpaired) electrons. The molecular formula is C19H23BrN2O4S2. The summed E-state index contributed by atoms with van der Waals surface area (Å²) < 4.78 is 12.6. The Labute approximate surface area is 179 Å². The van der Waals surface area contributed by atoms with Gasteiger partial charge in [-0.3, -0.25) is 19.0 Å². The highest BCUT2D eigenvalue weighted by molar-refractivity contribution is 9.11. The minimum atomic E-state index is -1.07. The van der Waals surface area contributed by atoms with Crippen molar-refractivity contribution in [2.75, 3.05) is 11.2 Å². The van der Waals surface area contributed by atoms with Gasteiger partial charge in [0.05, 0.1) is 10.3 Å². The normalized spacial score (nSPS) is 11.8. The lowest BCUT2D eigenvalue weighted by Gasteiger charge is -2.22. The van der Waals surface area contributed by atoms with E-state index in [-0.39, 0.29) is 12.3 Å². The molecule has 2 rings (SSSR count). The molecule has 28 heavy (non-hydrogen) atoms. The van der Waals surface area contributed by atoms with Crippen molar-refractivity contribution in [3.05, 3.63) is 45.1 Å². The van der Waals surface area contributed by atoms with Gasteiger partial charge >= 0.3 is 0 Å². The second kappa shape index (κ2) is 11.5. The lowest BCUT2D eigenvalue weighted by atomic mass is 10.1. The van der Waals surface area contributed by atoms with Crippen molar-refractivity contribution < 1.29 is 19.0 Å². The molecule has 6 nitrogen and oxygen atoms in total. The first kappa shape index (κ1) is 22.7. The van der Waals surface area contributed by atoms with E-state index in [0.717, 1.165) is 25.7 Å². The first-order valence-corrected chi connectivity index (χ1v) is 12.0. The van der Waals surface area contributed by atoms with Gasteiger partial charge in [-0.25, -0.2) is 5.48 Å². The summed E-state index contributed by atoms with van der Waals surface area (Å²) in [6.45, 7) is 0.469. The zero-order valence-electron chi connectivity index (χ0n) is 15.5. The molecule has 1 aromatic heterocycles. The minimum absolute atomic E-state index is 0.00139. The summed E-state index contributed by atoms with van der Waals surface area (Å²) >= 11 is 5.03. The van der Waals surface area contributed by atoms with Crippen molar-refractivity contribution in [3.63, 3.8) is 0 Å². The zero-order valence-corrected chi connectivity index (χ0v) is 18.7. The maximum atomic E-state index is 12.9. The fraction of sp³-hybridized carbons (Fsp3) is 0.368. The van der Waals surface area contributed by atoms with E-state index >= 15 is 0 Å². The number of thiophene rings is 1. The SMILES string of the molecule is CS(=O)c1ccc(N(Cc2ccc(Br)s2)C(=O)CCCCCC(=O)NO)cc1. The standard InChI is InChI=1S/C19H23BrN2O4S2/c1-28(26)16-10-7-14(8-11-16)22(13-15-9-12-17(20)27-15)19(24)6-4-2-3-5-18(23)21-25/h7-12,25H,2-6,13H2,1H3,(H,21,23). The maximum Gasteiger partial charge on any atom is 0.243 e. The number of hydroxylamine groups is 1. The van der Waals surface area contributed by atoms with E-state index in [1.54, 1.807) is 40.1 Å². The van der Waals surface area contributed by atoms with E-state index in [1.807, 2.05) is 24.3 Å². The Balaban J connectivity index is 2.03. The molecule has 9 heteroatoms. The van der Waals surface area contributed by atoms with Crippen LogP contribution in [-0.2, 0) is 26.9 Å². The fourth-order valence-corrected chi connectivity index (χ4v) is 4.65. The molecule has 0 spiro atoms. The minimum Gasteiger partial charge on any atom is -0.307 e. The van der Waals surface area contributed by atoms with Crippen LogP contribution >= 0.6 is 27.3 Å². The van der Waals surface area contributed by atoms with Gasteiger partial charge in [0.15, 0.2) is 0 Å². The molecule has 2 aromatic rings. The summed E-state index contributed by atoms with van der Waals surface area (Å²) in [6.07, 6.45) is 4.25. The molecule has 2 amide bonds. The first-order chi connectivity index (χ1) is 13.4. The van der Waals surface area contributed by atoms with Crippen LogP contribution in [0.15, 0.2) is 45.1 Å². The first-order valence-electron chi connectivity index (χ1n) is 8.81. The van der Waals surface area contributed by atoms with Gasteiger partial charge < -0.3 is 4.90 Å². The summed E-state index contributed by atoms with van der Waals surface area (Å²) in [5.74, 6) is -0.411. The van der Waals surface area contributed by atoms with Gasteiger partial charge in [-0.05, 0) is 65.2 Å². The summed E-state index contributed by atoms with van der Waals surface area (Å²) in [4.78, 5) is 27.4. The van der Waals surface area contributed by atoms with E-state index in [1.165, 1.54) is 0 Å². The number of carbonyl (C=O) groups is 2. The van der Waals surface area contributed by atoms with Crippen molar-refractivity contribution in [1.82, 2.24) is 5.48 Å². The number of amides is 2. The second-order valence-corrected chi connectivity index (χ2v) is 10.2. The molecular weight excluding hydrogens is 464 g/mol. The third-order valence-electron chi connectivity index (χ3n) is 4.14. The largest absolute Gasteiger partial charge is 0.307 e. The van der Waals surface area contributed by atoms with Crippen LogP contribution in [0, 0.1) is 0 Å². The van der Waals surface area contributed by atoms with Crippen molar-refractivity contribution in [2.24, 2.45) is 0 Å². The summed E-state index contributed by atoms with van der Waals surface area (Å²) in [6, 6.07) is 11.1. The fourth-order valence-electron chi connectivity index (χ4n) is 2.66. The molecule has 1 atom stereocenters. The molecule has 1 unspecified atom stereocenters. The highest BCUT2D eigenvalue weighted by Gasteiger charge is 2.17. The number of anilines is 1. The Morgan fingerprint density at radius 3 is 2.36 bits per heavy atom. The van der Waals surface area contributed by atoms with Crippen LogP contribution < -0.4 is 10.4 Å². The highest BCUT2D eigenvalue weighted by atomic mass is 79.9. The average Bonchev–Trinajstić information content (AvgIpc) is 3.10. The lowest BCUT2D eigenvalue weighted by Crippen LogP contribution is -2.29. The molecule has 152 valence electrons. The molecule has 0 aliphatic heterocycles. The highest BCUT2D eigenvalue weighted by Crippen LogP contribution is 2.27. The van der Waals surface area contributed by atoms with E-state index in [2.05, 4.69) is 15.9 Å². The van der Waals surface area contributed by atoms with Gasteiger partial charge in [-0.2, -0.15) is 0 Å². The molecule has 0 saturated carbocycles. The van der Waals surface area contributed by atoms with Crippen LogP contribution in [0.4, 0.5) is 5.69 Å². The quantitative estimate of drug-likeness (QED) is 0.298. The van der Waals surface area contributed by atoms with Gasteiger partial charge in [0.1, 0.15) is 0 Å². The molecule has 0 saturated heterocycles. The zero-order chi connectivity index (χ0) is 20.5. The molecule has 0 aliphatic carbocycles. The van der Waals surface area contributed by atoms with Gasteiger partial charge in [0.2, 0.25) is 11.8 Å². The van der Waals surface area contributed by atoms with E-state index in [0.29, 0.717) is 25.8 Å². The summed E-state index contributed by atoms with van der Waals surface area (Å²) in [5, 5.41) is 8.49. The van der Waals surface area contributed by atoms with Crippen molar-refractivity contribution in [3.8, 4) is 0 Å². The van der Waals surface area contributed by atoms with E-state index in [4.69, 9.17) is 5.21 Å². The van der Waals surface area contributed by atoms with Crippen LogP contribution in [0.1, 0.15) is 37.0 Å².